The number of amides is 1. The standard InChI is InChI=1S/C17H27N3O/c1-14(2)20-12-11-19(16(13-20)17(21)18-3)10-9-15-7-5-4-6-8-15/h4-8,14,16H,9-13H2,1-3H3,(H,18,21)/t16-/m0/s1. The first-order chi connectivity index (χ1) is 10.1. The van der Waals surface area contributed by atoms with Gasteiger partial charge in [-0.05, 0) is 25.8 Å². The number of nitrogens with zero attached hydrogens (tertiary/aromatic N) is 2. The van der Waals surface area contributed by atoms with Crippen LogP contribution in [0, 0.1) is 0 Å². The fraction of sp³-hybridized carbons (Fsp3) is 0.588. The van der Waals surface area contributed by atoms with Crippen molar-refractivity contribution in [1.29, 1.82) is 0 Å². The molecule has 1 aromatic carbocycles. The molecule has 1 amide bonds. The van der Waals surface area contributed by atoms with Crippen LogP contribution >= 0.6 is 0 Å². The molecule has 0 aromatic heterocycles. The molecule has 0 bridgehead atoms. The summed E-state index contributed by atoms with van der Waals surface area (Å²) in [5.74, 6) is 0.133. The van der Waals surface area contributed by atoms with Gasteiger partial charge in [0, 0.05) is 39.3 Å². The Hall–Kier alpha value is -1.39. The summed E-state index contributed by atoms with van der Waals surface area (Å²) in [4.78, 5) is 16.9. The normalized spacial score (nSPS) is 20.7. The molecule has 0 unspecified atom stereocenters. The van der Waals surface area contributed by atoms with Crippen molar-refractivity contribution in [3.63, 3.8) is 0 Å². The van der Waals surface area contributed by atoms with Gasteiger partial charge < -0.3 is 5.32 Å². The molecule has 1 heterocycles. The Morgan fingerprint density at radius 1 is 1.29 bits per heavy atom. The number of benzene rings is 1. The molecule has 21 heavy (non-hydrogen) atoms. The fourth-order valence-corrected chi connectivity index (χ4v) is 2.91. The average molecular weight is 289 g/mol. The van der Waals surface area contributed by atoms with Crippen LogP contribution in [0.4, 0.5) is 0 Å². The smallest absolute Gasteiger partial charge is 0.238 e. The first kappa shape index (κ1) is 16.0. The van der Waals surface area contributed by atoms with Crippen LogP contribution in [0.2, 0.25) is 0 Å². The maximum atomic E-state index is 12.2. The molecule has 0 radical (unpaired) electrons. The minimum atomic E-state index is -0.0325. The van der Waals surface area contributed by atoms with Gasteiger partial charge in [-0.25, -0.2) is 0 Å². The van der Waals surface area contributed by atoms with Gasteiger partial charge in [0.1, 0.15) is 6.04 Å². The van der Waals surface area contributed by atoms with E-state index in [4.69, 9.17) is 0 Å². The number of hydrogen-bond acceptors (Lipinski definition) is 3. The molecule has 0 saturated carbocycles. The molecule has 0 aliphatic carbocycles. The van der Waals surface area contributed by atoms with Crippen LogP contribution in [0.1, 0.15) is 19.4 Å². The van der Waals surface area contributed by atoms with Crippen LogP contribution in [-0.2, 0) is 11.2 Å². The quantitative estimate of drug-likeness (QED) is 0.889. The molecule has 1 atom stereocenters. The summed E-state index contributed by atoms with van der Waals surface area (Å²) in [6.07, 6.45) is 0.996. The zero-order valence-electron chi connectivity index (χ0n) is 13.4. The van der Waals surface area contributed by atoms with E-state index in [2.05, 4.69) is 53.2 Å². The number of carbonyl (C=O) groups excluding carboxylic acids is 1. The van der Waals surface area contributed by atoms with E-state index in [9.17, 15) is 4.79 Å². The second-order valence-electron chi connectivity index (χ2n) is 5.99. The second kappa shape index (κ2) is 7.57. The van der Waals surface area contributed by atoms with E-state index in [1.807, 2.05) is 6.07 Å². The van der Waals surface area contributed by atoms with Crippen molar-refractivity contribution in [1.82, 2.24) is 15.1 Å². The van der Waals surface area contributed by atoms with Crippen molar-refractivity contribution < 1.29 is 4.79 Å². The minimum Gasteiger partial charge on any atom is -0.358 e. The summed E-state index contributed by atoms with van der Waals surface area (Å²) >= 11 is 0. The van der Waals surface area contributed by atoms with Crippen molar-refractivity contribution in [2.24, 2.45) is 0 Å². The molecule has 4 heteroatoms. The highest BCUT2D eigenvalue weighted by Gasteiger charge is 2.32. The molecule has 2 rings (SSSR count). The van der Waals surface area contributed by atoms with E-state index in [1.54, 1.807) is 7.05 Å². The Balaban J connectivity index is 1.98. The van der Waals surface area contributed by atoms with Crippen LogP contribution in [0.15, 0.2) is 30.3 Å². The van der Waals surface area contributed by atoms with E-state index >= 15 is 0 Å². The number of nitrogens with one attached hydrogen (secondary N) is 1. The average Bonchev–Trinajstić information content (AvgIpc) is 2.52. The van der Waals surface area contributed by atoms with Crippen molar-refractivity contribution in [2.45, 2.75) is 32.4 Å². The van der Waals surface area contributed by atoms with Crippen molar-refractivity contribution >= 4 is 5.91 Å². The molecular weight excluding hydrogens is 262 g/mol. The Bertz CT molecular complexity index is 447. The van der Waals surface area contributed by atoms with Crippen LogP contribution in [-0.4, -0.2) is 61.0 Å². The van der Waals surface area contributed by atoms with Gasteiger partial charge in [-0.1, -0.05) is 30.3 Å². The third kappa shape index (κ3) is 4.29. The molecule has 116 valence electrons. The lowest BCUT2D eigenvalue weighted by Crippen LogP contribution is -2.60. The van der Waals surface area contributed by atoms with Gasteiger partial charge in [-0.2, -0.15) is 0 Å². The lowest BCUT2D eigenvalue weighted by Gasteiger charge is -2.42. The Morgan fingerprint density at radius 3 is 2.62 bits per heavy atom. The monoisotopic (exact) mass is 289 g/mol. The van der Waals surface area contributed by atoms with E-state index < -0.39 is 0 Å². The topological polar surface area (TPSA) is 35.6 Å². The molecule has 1 aromatic rings. The zero-order chi connectivity index (χ0) is 15.2. The van der Waals surface area contributed by atoms with Crippen molar-refractivity contribution in [3.8, 4) is 0 Å². The van der Waals surface area contributed by atoms with Gasteiger partial charge in [0.25, 0.3) is 0 Å². The molecule has 4 nitrogen and oxygen atoms in total. The van der Waals surface area contributed by atoms with E-state index in [0.717, 1.165) is 32.6 Å². The SMILES string of the molecule is CNC(=O)[C@@H]1CN(C(C)C)CCN1CCc1ccccc1. The number of rotatable bonds is 5. The highest BCUT2D eigenvalue weighted by molar-refractivity contribution is 5.81. The number of piperazine rings is 1. The van der Waals surface area contributed by atoms with E-state index in [-0.39, 0.29) is 11.9 Å². The summed E-state index contributed by atoms with van der Waals surface area (Å²) in [6, 6.07) is 10.9. The zero-order valence-corrected chi connectivity index (χ0v) is 13.4. The maximum Gasteiger partial charge on any atom is 0.238 e. The van der Waals surface area contributed by atoms with Gasteiger partial charge in [0.2, 0.25) is 5.91 Å². The van der Waals surface area contributed by atoms with Crippen molar-refractivity contribution in [2.75, 3.05) is 33.2 Å². The third-order valence-corrected chi connectivity index (χ3v) is 4.33. The van der Waals surface area contributed by atoms with E-state index in [0.29, 0.717) is 6.04 Å². The minimum absolute atomic E-state index is 0.0325. The van der Waals surface area contributed by atoms with Gasteiger partial charge in [-0.15, -0.1) is 0 Å². The first-order valence-electron chi connectivity index (χ1n) is 7.85. The van der Waals surface area contributed by atoms with Gasteiger partial charge in [-0.3, -0.25) is 14.6 Å². The molecule has 1 N–H and O–H groups in total. The van der Waals surface area contributed by atoms with Crippen LogP contribution in [0.25, 0.3) is 0 Å². The lowest BCUT2D eigenvalue weighted by molar-refractivity contribution is -0.128. The molecule has 1 saturated heterocycles. The molecule has 1 fully saturated rings. The van der Waals surface area contributed by atoms with Gasteiger partial charge in [0.15, 0.2) is 0 Å². The summed E-state index contributed by atoms with van der Waals surface area (Å²) in [6.45, 7) is 8.16. The highest BCUT2D eigenvalue weighted by Crippen LogP contribution is 2.14. The number of likely N-dealkylation sites (N-methyl/N-ethyl adjacent to an activating group) is 1. The third-order valence-electron chi connectivity index (χ3n) is 4.33. The highest BCUT2D eigenvalue weighted by atomic mass is 16.2. The maximum absolute atomic E-state index is 12.2. The molecular formula is C17H27N3O. The van der Waals surface area contributed by atoms with Crippen LogP contribution < -0.4 is 5.32 Å². The van der Waals surface area contributed by atoms with Crippen LogP contribution in [0.3, 0.4) is 0 Å². The predicted molar refractivity (Wildman–Crippen MR) is 86.3 cm³/mol. The first-order valence-corrected chi connectivity index (χ1v) is 7.85. The summed E-state index contributed by atoms with van der Waals surface area (Å²) in [5, 5.41) is 2.82. The predicted octanol–water partition coefficient (Wildman–Crippen LogP) is 1.37. The van der Waals surface area contributed by atoms with Gasteiger partial charge >= 0.3 is 0 Å². The number of carbonyl (C=O) groups is 1. The second-order valence-corrected chi connectivity index (χ2v) is 5.99. The van der Waals surface area contributed by atoms with Gasteiger partial charge in [0.05, 0.1) is 0 Å². The summed E-state index contributed by atoms with van der Waals surface area (Å²) in [5.41, 5.74) is 1.33. The fourth-order valence-electron chi connectivity index (χ4n) is 2.91. The Kier molecular flexibility index (Phi) is 5.76. The number of hydrogen-bond donors (Lipinski definition) is 1. The molecule has 1 aliphatic rings. The lowest BCUT2D eigenvalue weighted by atomic mass is 10.1. The van der Waals surface area contributed by atoms with Crippen molar-refractivity contribution in [3.05, 3.63) is 35.9 Å². The Labute approximate surface area is 128 Å². The molecule has 0 spiro atoms. The molecule has 1 aliphatic heterocycles. The summed E-state index contributed by atoms with van der Waals surface area (Å²) in [7, 11) is 1.73. The Morgan fingerprint density at radius 2 is 2.00 bits per heavy atom. The largest absolute Gasteiger partial charge is 0.358 e. The summed E-state index contributed by atoms with van der Waals surface area (Å²) < 4.78 is 0. The van der Waals surface area contributed by atoms with Crippen LogP contribution in [0.5, 0.6) is 0 Å². The van der Waals surface area contributed by atoms with E-state index in [1.165, 1.54) is 5.56 Å².